The van der Waals surface area contributed by atoms with E-state index in [1.54, 1.807) is 43.5 Å². The average molecular weight is 355 g/mol. The van der Waals surface area contributed by atoms with Gasteiger partial charge in [0.15, 0.2) is 0 Å². The lowest BCUT2D eigenvalue weighted by molar-refractivity contribution is 0.415. The van der Waals surface area contributed by atoms with Gasteiger partial charge in [-0.15, -0.1) is 0 Å². The minimum atomic E-state index is -3.27. The van der Waals surface area contributed by atoms with Gasteiger partial charge in [0.05, 0.1) is 17.9 Å². The maximum atomic E-state index is 11.7. The molecule has 2 rings (SSSR count). The van der Waals surface area contributed by atoms with E-state index in [4.69, 9.17) is 16.3 Å². The van der Waals surface area contributed by atoms with E-state index in [0.29, 0.717) is 22.9 Å². The van der Waals surface area contributed by atoms with Crippen LogP contribution in [-0.4, -0.2) is 21.3 Å². The topological polar surface area (TPSA) is 67.4 Å². The van der Waals surface area contributed by atoms with E-state index < -0.39 is 10.0 Å². The highest BCUT2D eigenvalue weighted by Crippen LogP contribution is 2.29. The van der Waals surface area contributed by atoms with E-state index in [1.165, 1.54) is 0 Å². The Morgan fingerprint density at radius 2 is 1.65 bits per heavy atom. The van der Waals surface area contributed by atoms with Crippen LogP contribution in [0.2, 0.25) is 5.02 Å². The van der Waals surface area contributed by atoms with Gasteiger partial charge >= 0.3 is 0 Å². The molecule has 0 spiro atoms. The minimum Gasteiger partial charge on any atom is -0.495 e. The first-order valence-electron chi connectivity index (χ1n) is 7.14. The van der Waals surface area contributed by atoms with Crippen molar-refractivity contribution >= 4 is 38.7 Å². The number of benzene rings is 2. The first kappa shape index (κ1) is 17.4. The number of anilines is 3. The molecule has 2 N–H and O–H groups in total. The van der Waals surface area contributed by atoms with Crippen molar-refractivity contribution in [1.82, 2.24) is 0 Å². The molecule has 0 radical (unpaired) electrons. The van der Waals surface area contributed by atoms with Crippen molar-refractivity contribution < 1.29 is 13.2 Å². The summed E-state index contributed by atoms with van der Waals surface area (Å²) in [5, 5.41) is 3.71. The van der Waals surface area contributed by atoms with Crippen molar-refractivity contribution in [3.05, 3.63) is 47.5 Å². The van der Waals surface area contributed by atoms with E-state index in [-0.39, 0.29) is 5.75 Å². The molecule has 0 aromatic heterocycles. The Kier molecular flexibility index (Phi) is 5.74. The van der Waals surface area contributed by atoms with Gasteiger partial charge in [0, 0.05) is 17.1 Å². The second kappa shape index (κ2) is 7.57. The third-order valence-corrected chi connectivity index (χ3v) is 4.86. The Hall–Kier alpha value is -1.92. The molecular weight excluding hydrogens is 336 g/mol. The van der Waals surface area contributed by atoms with Gasteiger partial charge in [-0.1, -0.05) is 18.5 Å². The Balaban J connectivity index is 2.07. The molecule has 0 aliphatic rings. The molecule has 124 valence electrons. The Bertz CT molecular complexity index is 761. The van der Waals surface area contributed by atoms with E-state index in [9.17, 15) is 8.42 Å². The maximum absolute atomic E-state index is 11.7. The fourth-order valence-corrected chi connectivity index (χ4v) is 3.42. The molecule has 0 saturated heterocycles. The van der Waals surface area contributed by atoms with Crippen molar-refractivity contribution in [2.75, 3.05) is 22.9 Å². The van der Waals surface area contributed by atoms with Crippen LogP contribution in [0.5, 0.6) is 5.75 Å². The van der Waals surface area contributed by atoms with Crippen LogP contribution in [0.3, 0.4) is 0 Å². The summed E-state index contributed by atoms with van der Waals surface area (Å²) in [5.41, 5.74) is 2.18. The number of nitrogens with one attached hydrogen (secondary N) is 2. The molecule has 0 amide bonds. The highest BCUT2D eigenvalue weighted by atomic mass is 35.5. The summed E-state index contributed by atoms with van der Waals surface area (Å²) < 4.78 is 31.1. The standard InChI is InChI=1S/C16H19ClN2O3S/c1-3-10-23(20,21)19-13-6-4-12(5-7-13)18-14-8-9-16(22-2)15(17)11-14/h4-9,11,18-19H,3,10H2,1-2H3. The third-order valence-electron chi connectivity index (χ3n) is 3.07. The first-order chi connectivity index (χ1) is 10.9. The molecule has 2 aromatic rings. The smallest absolute Gasteiger partial charge is 0.232 e. The van der Waals surface area contributed by atoms with Crippen molar-refractivity contribution in [2.24, 2.45) is 0 Å². The monoisotopic (exact) mass is 354 g/mol. The second-order valence-corrected chi connectivity index (χ2v) is 7.22. The van der Waals surface area contributed by atoms with E-state index in [2.05, 4.69) is 10.0 Å². The van der Waals surface area contributed by atoms with Gasteiger partial charge in [-0.05, 0) is 48.9 Å². The summed E-state index contributed by atoms with van der Waals surface area (Å²) in [5.74, 6) is 0.718. The van der Waals surface area contributed by atoms with Crippen molar-refractivity contribution in [1.29, 1.82) is 0 Å². The Morgan fingerprint density at radius 1 is 1.04 bits per heavy atom. The summed E-state index contributed by atoms with van der Waals surface area (Å²) in [7, 11) is -1.71. The third kappa shape index (κ3) is 5.04. The van der Waals surface area contributed by atoms with Crippen LogP contribution in [0, 0.1) is 0 Å². The number of hydrogen-bond donors (Lipinski definition) is 2. The van der Waals surface area contributed by atoms with Crippen molar-refractivity contribution in [3.8, 4) is 5.75 Å². The summed E-state index contributed by atoms with van der Waals surface area (Å²) in [6, 6.07) is 12.4. The fourth-order valence-electron chi connectivity index (χ4n) is 2.03. The Morgan fingerprint density at radius 3 is 2.22 bits per heavy atom. The minimum absolute atomic E-state index is 0.108. The van der Waals surface area contributed by atoms with E-state index in [0.717, 1.165) is 11.4 Å². The lowest BCUT2D eigenvalue weighted by Gasteiger charge is -2.11. The van der Waals surface area contributed by atoms with Crippen LogP contribution in [0.1, 0.15) is 13.3 Å². The van der Waals surface area contributed by atoms with Crippen LogP contribution < -0.4 is 14.8 Å². The molecule has 0 unspecified atom stereocenters. The van der Waals surface area contributed by atoms with Crippen LogP contribution in [0.15, 0.2) is 42.5 Å². The molecule has 2 aromatic carbocycles. The van der Waals surface area contributed by atoms with E-state index in [1.807, 2.05) is 13.0 Å². The molecule has 0 fully saturated rings. The van der Waals surface area contributed by atoms with Gasteiger partial charge in [0.1, 0.15) is 5.75 Å². The van der Waals surface area contributed by atoms with Crippen LogP contribution in [-0.2, 0) is 10.0 Å². The molecule has 0 aliphatic carbocycles. The van der Waals surface area contributed by atoms with Gasteiger partial charge in [-0.25, -0.2) is 8.42 Å². The molecule has 0 aliphatic heterocycles. The zero-order valence-electron chi connectivity index (χ0n) is 13.0. The van der Waals surface area contributed by atoms with Gasteiger partial charge in [0.2, 0.25) is 10.0 Å². The number of rotatable bonds is 7. The highest BCUT2D eigenvalue weighted by Gasteiger charge is 2.08. The zero-order chi connectivity index (χ0) is 16.9. The predicted molar refractivity (Wildman–Crippen MR) is 95.4 cm³/mol. The van der Waals surface area contributed by atoms with Gasteiger partial charge in [0.25, 0.3) is 0 Å². The van der Waals surface area contributed by atoms with Crippen LogP contribution in [0.25, 0.3) is 0 Å². The molecule has 5 nitrogen and oxygen atoms in total. The number of sulfonamides is 1. The van der Waals surface area contributed by atoms with E-state index >= 15 is 0 Å². The van der Waals surface area contributed by atoms with Crippen molar-refractivity contribution in [2.45, 2.75) is 13.3 Å². The van der Waals surface area contributed by atoms with Gasteiger partial charge in [-0.2, -0.15) is 0 Å². The van der Waals surface area contributed by atoms with Gasteiger partial charge < -0.3 is 10.1 Å². The number of hydrogen-bond acceptors (Lipinski definition) is 4. The summed E-state index contributed by atoms with van der Waals surface area (Å²) in [4.78, 5) is 0. The SMILES string of the molecule is CCCS(=O)(=O)Nc1ccc(Nc2ccc(OC)c(Cl)c2)cc1. The number of ether oxygens (including phenoxy) is 1. The summed E-state index contributed by atoms with van der Waals surface area (Å²) in [6.07, 6.45) is 0.577. The molecule has 23 heavy (non-hydrogen) atoms. The normalized spacial score (nSPS) is 11.1. The molecular formula is C16H19ClN2O3S. The highest BCUT2D eigenvalue weighted by molar-refractivity contribution is 7.92. The van der Waals surface area contributed by atoms with Crippen molar-refractivity contribution in [3.63, 3.8) is 0 Å². The lowest BCUT2D eigenvalue weighted by Crippen LogP contribution is -2.15. The zero-order valence-corrected chi connectivity index (χ0v) is 14.5. The molecule has 0 bridgehead atoms. The maximum Gasteiger partial charge on any atom is 0.232 e. The largest absolute Gasteiger partial charge is 0.495 e. The van der Waals surface area contributed by atoms with Crippen LogP contribution >= 0.6 is 11.6 Å². The molecule has 0 saturated carbocycles. The molecule has 0 atom stereocenters. The lowest BCUT2D eigenvalue weighted by atomic mass is 10.2. The van der Waals surface area contributed by atoms with Gasteiger partial charge in [-0.3, -0.25) is 4.72 Å². The predicted octanol–water partition coefficient (Wildman–Crippen LogP) is 4.24. The first-order valence-corrected chi connectivity index (χ1v) is 9.17. The number of halogens is 1. The molecule has 0 heterocycles. The summed E-state index contributed by atoms with van der Waals surface area (Å²) in [6.45, 7) is 1.83. The average Bonchev–Trinajstić information content (AvgIpc) is 2.49. The Labute approximate surface area is 141 Å². The van der Waals surface area contributed by atoms with Crippen LogP contribution in [0.4, 0.5) is 17.1 Å². The second-order valence-electron chi connectivity index (χ2n) is 4.97. The molecule has 7 heteroatoms. The summed E-state index contributed by atoms with van der Waals surface area (Å²) >= 11 is 6.08. The fraction of sp³-hybridized carbons (Fsp3) is 0.250. The quantitative estimate of drug-likeness (QED) is 0.780. The number of methoxy groups -OCH3 is 1.